The highest BCUT2D eigenvalue weighted by atomic mass is 16.5. The van der Waals surface area contributed by atoms with E-state index in [9.17, 15) is 4.79 Å². The van der Waals surface area contributed by atoms with E-state index in [2.05, 4.69) is 15.3 Å². The summed E-state index contributed by atoms with van der Waals surface area (Å²) in [5.74, 6) is 1.34. The summed E-state index contributed by atoms with van der Waals surface area (Å²) < 4.78 is 10.6. The number of rotatable bonds is 5. The summed E-state index contributed by atoms with van der Waals surface area (Å²) in [5, 5.41) is 2.90. The number of ether oxygens (including phenoxy) is 2. The van der Waals surface area contributed by atoms with Crippen molar-refractivity contribution >= 4 is 29.2 Å². The molecule has 32 heavy (non-hydrogen) atoms. The number of carbonyl (C=O) groups excluding carboxylic acids is 1. The minimum atomic E-state index is -0.570. The van der Waals surface area contributed by atoms with Gasteiger partial charge in [0.05, 0.1) is 19.9 Å². The third-order valence-corrected chi connectivity index (χ3v) is 5.87. The van der Waals surface area contributed by atoms with Gasteiger partial charge in [0.25, 0.3) is 5.91 Å². The number of aliphatic imine (C=N–C) groups is 2. The fourth-order valence-electron chi connectivity index (χ4n) is 4.39. The number of hydrogen-bond acceptors (Lipinski definition) is 8. The van der Waals surface area contributed by atoms with Gasteiger partial charge < -0.3 is 26.3 Å². The van der Waals surface area contributed by atoms with Crippen LogP contribution in [0.5, 0.6) is 11.5 Å². The molecule has 0 bridgehead atoms. The summed E-state index contributed by atoms with van der Waals surface area (Å²) in [4.78, 5) is 23.9. The Bertz CT molecular complexity index is 1080. The first-order valence-electron chi connectivity index (χ1n) is 10.6. The number of benzene rings is 2. The Balaban J connectivity index is 1.65. The Hall–Kier alpha value is -3.75. The normalized spacial score (nSPS) is 17.4. The number of nitrogens with zero attached hydrogens (tertiary/aromatic N) is 3. The highest BCUT2D eigenvalue weighted by Crippen LogP contribution is 2.39. The zero-order valence-corrected chi connectivity index (χ0v) is 18.3. The third kappa shape index (κ3) is 4.05. The molecule has 2 aliphatic rings. The number of carbonyl (C=O) groups is 1. The van der Waals surface area contributed by atoms with Gasteiger partial charge in [-0.1, -0.05) is 12.5 Å². The summed E-state index contributed by atoms with van der Waals surface area (Å²) in [5.41, 5.74) is 13.4. The van der Waals surface area contributed by atoms with Crippen molar-refractivity contribution < 1.29 is 14.3 Å². The van der Waals surface area contributed by atoms with E-state index in [1.807, 2.05) is 17.0 Å². The van der Waals surface area contributed by atoms with E-state index in [4.69, 9.17) is 20.9 Å². The second-order valence-corrected chi connectivity index (χ2v) is 7.89. The second-order valence-electron chi connectivity index (χ2n) is 7.89. The lowest BCUT2D eigenvalue weighted by Gasteiger charge is -2.45. The lowest BCUT2D eigenvalue weighted by molar-refractivity contribution is 0.102. The molecule has 0 aromatic heterocycles. The zero-order chi connectivity index (χ0) is 22.7. The molecule has 4 rings (SSSR count). The smallest absolute Gasteiger partial charge is 0.255 e. The molecular weight excluding hydrogens is 408 g/mol. The van der Waals surface area contributed by atoms with Gasteiger partial charge in [0.15, 0.2) is 0 Å². The van der Waals surface area contributed by atoms with Crippen LogP contribution in [-0.2, 0) is 0 Å². The highest BCUT2D eigenvalue weighted by Gasteiger charge is 2.42. The minimum absolute atomic E-state index is 0.194. The number of amides is 1. The van der Waals surface area contributed by atoms with Gasteiger partial charge in [0.1, 0.15) is 17.2 Å². The van der Waals surface area contributed by atoms with Crippen molar-refractivity contribution in [3.05, 3.63) is 48.0 Å². The Kier molecular flexibility index (Phi) is 5.89. The van der Waals surface area contributed by atoms with Crippen molar-refractivity contribution in [2.45, 2.75) is 37.8 Å². The van der Waals surface area contributed by atoms with Crippen LogP contribution < -0.4 is 31.2 Å². The van der Waals surface area contributed by atoms with Crippen LogP contribution in [0.2, 0.25) is 0 Å². The Morgan fingerprint density at radius 1 is 1.06 bits per heavy atom. The lowest BCUT2D eigenvalue weighted by Crippen LogP contribution is -2.58. The van der Waals surface area contributed by atoms with Gasteiger partial charge in [0.2, 0.25) is 11.9 Å². The van der Waals surface area contributed by atoms with Crippen LogP contribution in [0.4, 0.5) is 11.4 Å². The topological polar surface area (TPSA) is 128 Å². The second kappa shape index (κ2) is 8.78. The molecule has 1 aliphatic carbocycles. The molecule has 0 unspecified atom stereocenters. The first kappa shape index (κ1) is 21.5. The number of nitrogens with two attached hydrogens (primary N) is 2. The maximum atomic E-state index is 13.1. The van der Waals surface area contributed by atoms with Gasteiger partial charge >= 0.3 is 0 Å². The molecule has 168 valence electrons. The molecule has 0 radical (unpaired) electrons. The quantitative estimate of drug-likeness (QED) is 0.661. The molecule has 1 saturated carbocycles. The van der Waals surface area contributed by atoms with E-state index >= 15 is 0 Å². The Morgan fingerprint density at radius 3 is 2.56 bits per heavy atom. The molecule has 2 aromatic carbocycles. The average molecular weight is 437 g/mol. The lowest BCUT2D eigenvalue weighted by atomic mass is 9.87. The number of hydrogen-bond donors (Lipinski definition) is 3. The van der Waals surface area contributed by atoms with Crippen molar-refractivity contribution in [2.24, 2.45) is 21.5 Å². The van der Waals surface area contributed by atoms with E-state index in [1.54, 1.807) is 44.6 Å². The average Bonchev–Trinajstić information content (AvgIpc) is 2.79. The number of anilines is 2. The van der Waals surface area contributed by atoms with Crippen LogP contribution in [0, 0.1) is 0 Å². The predicted octanol–water partition coefficient (Wildman–Crippen LogP) is 3.07. The molecule has 0 atom stereocenters. The summed E-state index contributed by atoms with van der Waals surface area (Å²) >= 11 is 0. The van der Waals surface area contributed by atoms with Gasteiger partial charge in [-0.3, -0.25) is 9.69 Å². The number of methoxy groups -OCH3 is 2. The van der Waals surface area contributed by atoms with Crippen molar-refractivity contribution in [3.8, 4) is 11.5 Å². The van der Waals surface area contributed by atoms with Crippen molar-refractivity contribution in [3.63, 3.8) is 0 Å². The standard InChI is InChI=1S/C23H28N6O3/c1-31-17-9-10-19(32-2)18(14-17)26-20(30)15-7-6-8-16(13-15)29-22(25)27-21(24)28-23(29)11-4-3-5-12-23/h6-10,13-14H,3-5,11-12H2,1-2H3,(H,26,30)(H4,24,25,27,28). The summed E-state index contributed by atoms with van der Waals surface area (Å²) in [6, 6.07) is 12.5. The fourth-order valence-corrected chi connectivity index (χ4v) is 4.39. The largest absolute Gasteiger partial charge is 0.497 e. The van der Waals surface area contributed by atoms with Crippen LogP contribution >= 0.6 is 0 Å². The van der Waals surface area contributed by atoms with Gasteiger partial charge in [-0.25, -0.2) is 4.99 Å². The van der Waals surface area contributed by atoms with Crippen LogP contribution in [0.3, 0.4) is 0 Å². The van der Waals surface area contributed by atoms with E-state index in [1.165, 1.54) is 0 Å². The van der Waals surface area contributed by atoms with E-state index < -0.39 is 5.66 Å². The molecular formula is C23H28N6O3. The Labute approximate surface area is 187 Å². The Morgan fingerprint density at radius 2 is 1.84 bits per heavy atom. The molecule has 1 aliphatic heterocycles. The predicted molar refractivity (Wildman–Crippen MR) is 125 cm³/mol. The maximum absolute atomic E-state index is 13.1. The van der Waals surface area contributed by atoms with E-state index in [-0.39, 0.29) is 17.8 Å². The molecule has 2 aromatic rings. The van der Waals surface area contributed by atoms with Crippen LogP contribution in [0.1, 0.15) is 42.5 Å². The van der Waals surface area contributed by atoms with Crippen LogP contribution in [0.15, 0.2) is 52.4 Å². The number of nitrogens with one attached hydrogen (secondary N) is 1. The molecule has 9 heteroatoms. The first-order chi connectivity index (χ1) is 15.5. The van der Waals surface area contributed by atoms with Crippen LogP contribution in [-0.4, -0.2) is 37.7 Å². The molecule has 1 heterocycles. The zero-order valence-electron chi connectivity index (χ0n) is 18.3. The van der Waals surface area contributed by atoms with Crippen LogP contribution in [0.25, 0.3) is 0 Å². The monoisotopic (exact) mass is 436 g/mol. The van der Waals surface area contributed by atoms with Gasteiger partial charge in [-0.2, -0.15) is 4.99 Å². The van der Waals surface area contributed by atoms with Gasteiger partial charge in [-0.15, -0.1) is 0 Å². The van der Waals surface area contributed by atoms with Gasteiger partial charge in [0, 0.05) is 17.3 Å². The molecule has 5 N–H and O–H groups in total. The molecule has 1 spiro atoms. The summed E-state index contributed by atoms with van der Waals surface area (Å²) in [6.45, 7) is 0. The fraction of sp³-hybridized carbons (Fsp3) is 0.348. The van der Waals surface area contributed by atoms with E-state index in [0.717, 1.165) is 37.8 Å². The maximum Gasteiger partial charge on any atom is 0.255 e. The summed E-state index contributed by atoms with van der Waals surface area (Å²) in [7, 11) is 3.12. The number of guanidine groups is 2. The highest BCUT2D eigenvalue weighted by molar-refractivity contribution is 6.08. The third-order valence-electron chi connectivity index (χ3n) is 5.87. The SMILES string of the molecule is COc1ccc(OC)c(NC(=O)c2cccc(N3C(N)=NC(N)=NC34CCCCC4)c2)c1. The molecule has 0 saturated heterocycles. The first-order valence-corrected chi connectivity index (χ1v) is 10.6. The summed E-state index contributed by atoms with van der Waals surface area (Å²) in [6.07, 6.45) is 4.84. The van der Waals surface area contributed by atoms with Crippen molar-refractivity contribution in [1.82, 2.24) is 0 Å². The van der Waals surface area contributed by atoms with Crippen molar-refractivity contribution in [1.29, 1.82) is 0 Å². The molecule has 1 amide bonds. The van der Waals surface area contributed by atoms with Gasteiger partial charge in [-0.05, 0) is 56.0 Å². The minimum Gasteiger partial charge on any atom is -0.497 e. The molecule has 9 nitrogen and oxygen atoms in total. The van der Waals surface area contributed by atoms with Crippen molar-refractivity contribution in [2.75, 3.05) is 24.4 Å². The van der Waals surface area contributed by atoms with E-state index in [0.29, 0.717) is 22.7 Å². The molecule has 1 fully saturated rings.